The topological polar surface area (TPSA) is 55.9 Å². The Labute approximate surface area is 157 Å². The van der Waals surface area contributed by atoms with E-state index in [0.717, 1.165) is 32.4 Å². The average Bonchev–Trinajstić information content (AvgIpc) is 3.42. The summed E-state index contributed by atoms with van der Waals surface area (Å²) in [5.41, 5.74) is 3.44. The molecule has 4 heterocycles. The van der Waals surface area contributed by atoms with Gasteiger partial charge in [-0.05, 0) is 41.1 Å². The molecule has 0 aliphatic carbocycles. The third-order valence-corrected chi connectivity index (χ3v) is 5.62. The third kappa shape index (κ3) is 2.34. The second-order valence-corrected chi connectivity index (χ2v) is 7.30. The second kappa shape index (κ2) is 5.49. The Morgan fingerprint density at radius 1 is 0.889 bits per heavy atom. The van der Waals surface area contributed by atoms with Crippen molar-refractivity contribution in [3.05, 3.63) is 73.1 Å². The third-order valence-electron chi connectivity index (χ3n) is 4.54. The van der Waals surface area contributed by atoms with Gasteiger partial charge in [0.1, 0.15) is 11.2 Å². The van der Waals surface area contributed by atoms with Gasteiger partial charge in [0.25, 0.3) is 0 Å². The monoisotopic (exact) mass is 370 g/mol. The van der Waals surface area contributed by atoms with E-state index in [4.69, 9.17) is 13.9 Å². The molecular weight excluding hydrogens is 358 g/mol. The molecule has 0 radical (unpaired) electrons. The van der Waals surface area contributed by atoms with Crippen molar-refractivity contribution >= 4 is 43.6 Å². The molecule has 0 saturated heterocycles. The van der Waals surface area contributed by atoms with E-state index in [1.807, 2.05) is 54.7 Å². The average molecular weight is 370 g/mol. The Bertz CT molecular complexity index is 1410. The molecule has 0 atom stereocenters. The summed E-state index contributed by atoms with van der Waals surface area (Å²) in [6.45, 7) is 0. The Balaban J connectivity index is 1.46. The van der Waals surface area contributed by atoms with Crippen LogP contribution < -0.4 is 4.74 Å². The zero-order valence-electron chi connectivity index (χ0n) is 14.0. The summed E-state index contributed by atoms with van der Waals surface area (Å²) in [5.74, 6) is 0.676. The number of furan rings is 1. The summed E-state index contributed by atoms with van der Waals surface area (Å²) in [6.07, 6.45) is 3.56. The van der Waals surface area contributed by atoms with E-state index in [1.54, 1.807) is 22.3 Å². The van der Waals surface area contributed by atoms with Crippen molar-refractivity contribution in [3.8, 4) is 16.4 Å². The molecule has 0 saturated carbocycles. The fraction of sp³-hybridized carbons (Fsp3) is 0. The fourth-order valence-corrected chi connectivity index (χ4v) is 4.14. The fourth-order valence-electron chi connectivity index (χ4n) is 3.18. The van der Waals surface area contributed by atoms with Crippen LogP contribution in [0.1, 0.15) is 0 Å². The van der Waals surface area contributed by atoms with Gasteiger partial charge in [-0.25, -0.2) is 4.98 Å². The van der Waals surface area contributed by atoms with Crippen LogP contribution >= 0.6 is 11.3 Å². The van der Waals surface area contributed by atoms with Gasteiger partial charge >= 0.3 is 11.5 Å². The maximum Gasteiger partial charge on any atom is 0.366 e. The smallest absolute Gasteiger partial charge is 0.366 e. The number of hydrogen-bond donors (Lipinski definition) is 0. The summed E-state index contributed by atoms with van der Waals surface area (Å²) >= 11 is 1.68. The number of aromatic nitrogens is 3. The molecule has 0 aliphatic heterocycles. The number of rotatable bonds is 2. The van der Waals surface area contributed by atoms with Crippen LogP contribution in [-0.4, -0.2) is 9.97 Å². The van der Waals surface area contributed by atoms with Crippen molar-refractivity contribution < 1.29 is 13.7 Å². The van der Waals surface area contributed by atoms with Gasteiger partial charge in [-0.2, -0.15) is 0 Å². The van der Waals surface area contributed by atoms with Gasteiger partial charge in [0.2, 0.25) is 0 Å². The molecule has 0 spiro atoms. The van der Waals surface area contributed by atoms with Gasteiger partial charge < -0.3 is 4.42 Å². The summed E-state index contributed by atoms with van der Waals surface area (Å²) in [4.78, 5) is 9.23. The zero-order valence-corrected chi connectivity index (χ0v) is 14.8. The quantitative estimate of drug-likeness (QED) is 0.397. The normalized spacial score (nSPS) is 11.7. The van der Waals surface area contributed by atoms with Gasteiger partial charge in [0, 0.05) is 16.6 Å². The van der Waals surface area contributed by atoms with Crippen LogP contribution in [0.5, 0.6) is 0 Å². The molecule has 5 nitrogen and oxygen atoms in total. The SMILES string of the molecule is c1ccc2sc(-c3ccc4c[n+](-c5ccc6ccoc6n5)oc4c3)nc2c1. The molecule has 6 rings (SSSR count). The highest BCUT2D eigenvalue weighted by Gasteiger charge is 2.17. The van der Waals surface area contributed by atoms with Gasteiger partial charge in [-0.3, -0.25) is 4.52 Å². The van der Waals surface area contributed by atoms with Crippen molar-refractivity contribution in [2.75, 3.05) is 0 Å². The number of thiazole rings is 1. The van der Waals surface area contributed by atoms with E-state index < -0.39 is 0 Å². The molecule has 0 N–H and O–H groups in total. The standard InChI is InChI=1S/C21H12N3O2S/c1-2-4-18-16(3-1)22-21(27-18)14-5-6-15-12-24(26-17(15)11-14)19-8-7-13-9-10-25-20(13)23-19/h1-12H/q+1. The van der Waals surface area contributed by atoms with Crippen molar-refractivity contribution in [2.24, 2.45) is 0 Å². The van der Waals surface area contributed by atoms with Crippen LogP contribution in [-0.2, 0) is 0 Å². The van der Waals surface area contributed by atoms with E-state index in [-0.39, 0.29) is 0 Å². The molecule has 0 fully saturated rings. The number of para-hydroxylation sites is 1. The molecule has 4 aromatic heterocycles. The first-order valence-electron chi connectivity index (χ1n) is 8.50. The zero-order chi connectivity index (χ0) is 17.8. The first-order valence-corrected chi connectivity index (χ1v) is 9.31. The van der Waals surface area contributed by atoms with Crippen molar-refractivity contribution in [2.45, 2.75) is 0 Å². The highest BCUT2D eigenvalue weighted by Crippen LogP contribution is 2.31. The molecule has 0 amide bonds. The van der Waals surface area contributed by atoms with E-state index >= 15 is 0 Å². The van der Waals surface area contributed by atoms with Crippen LogP contribution in [0.15, 0.2) is 82.1 Å². The summed E-state index contributed by atoms with van der Waals surface area (Å²) in [6, 6.07) is 20.1. The molecule has 0 aliphatic rings. The van der Waals surface area contributed by atoms with Crippen molar-refractivity contribution in [1.29, 1.82) is 0 Å². The van der Waals surface area contributed by atoms with Crippen molar-refractivity contribution in [3.63, 3.8) is 0 Å². The molecule has 128 valence electrons. The lowest BCUT2D eigenvalue weighted by Crippen LogP contribution is -2.27. The van der Waals surface area contributed by atoms with Gasteiger partial charge in [-0.1, -0.05) is 18.2 Å². The molecule has 6 heteroatoms. The largest absolute Gasteiger partial charge is 0.428 e. The van der Waals surface area contributed by atoms with Gasteiger partial charge in [0.15, 0.2) is 5.58 Å². The lowest BCUT2D eigenvalue weighted by molar-refractivity contribution is -0.782. The minimum atomic E-state index is 0.593. The lowest BCUT2D eigenvalue weighted by Gasteiger charge is -1.93. The molecule has 27 heavy (non-hydrogen) atoms. The Morgan fingerprint density at radius 3 is 2.78 bits per heavy atom. The number of hydrogen-bond acceptors (Lipinski definition) is 5. The highest BCUT2D eigenvalue weighted by atomic mass is 32.1. The van der Waals surface area contributed by atoms with Crippen molar-refractivity contribution in [1.82, 2.24) is 9.97 Å². The number of pyridine rings is 1. The molecule has 2 aromatic carbocycles. The Morgan fingerprint density at radius 2 is 1.81 bits per heavy atom. The number of nitrogens with zero attached hydrogens (tertiary/aromatic N) is 3. The predicted octanol–water partition coefficient (Wildman–Crippen LogP) is 5.13. The second-order valence-electron chi connectivity index (χ2n) is 6.27. The highest BCUT2D eigenvalue weighted by molar-refractivity contribution is 7.21. The van der Waals surface area contributed by atoms with Crippen LogP contribution in [0, 0.1) is 0 Å². The summed E-state index contributed by atoms with van der Waals surface area (Å²) in [5, 5.41) is 2.95. The molecule has 0 bridgehead atoms. The number of fused-ring (bicyclic) bond motifs is 3. The lowest BCUT2D eigenvalue weighted by atomic mass is 10.2. The predicted molar refractivity (Wildman–Crippen MR) is 104 cm³/mol. The van der Waals surface area contributed by atoms with E-state index in [1.165, 1.54) is 4.70 Å². The van der Waals surface area contributed by atoms with Crippen LogP contribution in [0.3, 0.4) is 0 Å². The minimum Gasteiger partial charge on any atom is -0.428 e. The van der Waals surface area contributed by atoms with Crippen LogP contribution in [0.2, 0.25) is 0 Å². The van der Waals surface area contributed by atoms with E-state index in [2.05, 4.69) is 17.1 Å². The molecule has 0 unspecified atom stereocenters. The van der Waals surface area contributed by atoms with E-state index in [0.29, 0.717) is 11.5 Å². The van der Waals surface area contributed by atoms with Gasteiger partial charge in [-0.15, -0.1) is 11.3 Å². The maximum absolute atomic E-state index is 6.01. The Hall–Kier alpha value is -3.51. The molecular formula is C21H12N3O2S+. The van der Waals surface area contributed by atoms with Gasteiger partial charge in [0.05, 0.1) is 27.3 Å². The number of benzene rings is 2. The Kier molecular flexibility index (Phi) is 2.98. The first-order chi connectivity index (χ1) is 13.3. The summed E-state index contributed by atoms with van der Waals surface area (Å²) < 4.78 is 14.2. The minimum absolute atomic E-state index is 0.593. The summed E-state index contributed by atoms with van der Waals surface area (Å²) in [7, 11) is 0. The van der Waals surface area contributed by atoms with Crippen LogP contribution in [0.4, 0.5) is 0 Å². The first kappa shape index (κ1) is 14.6. The molecule has 6 aromatic rings. The maximum atomic E-state index is 6.01. The van der Waals surface area contributed by atoms with Crippen LogP contribution in [0.25, 0.3) is 48.7 Å². The van der Waals surface area contributed by atoms with E-state index in [9.17, 15) is 0 Å².